The van der Waals surface area contributed by atoms with Crippen LogP contribution in [0.15, 0.2) is 39.6 Å². The lowest BCUT2D eigenvalue weighted by Crippen LogP contribution is -2.52. The number of nitrogens with one attached hydrogen (secondary N) is 1. The van der Waals surface area contributed by atoms with Gasteiger partial charge in [-0.25, -0.2) is 8.42 Å². The maximum absolute atomic E-state index is 12.9. The number of halogens is 3. The van der Waals surface area contributed by atoms with Crippen molar-refractivity contribution in [1.82, 2.24) is 14.5 Å². The maximum atomic E-state index is 12.9. The first-order valence-electron chi connectivity index (χ1n) is 9.70. The van der Waals surface area contributed by atoms with Gasteiger partial charge in [0.2, 0.25) is 15.9 Å². The van der Waals surface area contributed by atoms with E-state index in [2.05, 4.69) is 5.32 Å². The molecule has 12 heteroatoms. The van der Waals surface area contributed by atoms with Crippen molar-refractivity contribution in [1.29, 1.82) is 0 Å². The lowest BCUT2D eigenvalue weighted by atomic mass is 10.2. The molecule has 8 nitrogen and oxygen atoms in total. The number of nitrogens with zero attached hydrogens (tertiary/aromatic N) is 2. The summed E-state index contributed by atoms with van der Waals surface area (Å²) >= 11 is 0. The molecule has 1 aliphatic rings. The second kappa shape index (κ2) is 8.94. The Kier molecular flexibility index (Phi) is 6.65. The molecule has 0 atom stereocenters. The van der Waals surface area contributed by atoms with Crippen LogP contribution in [0.4, 0.5) is 13.2 Å². The number of aryl methyl sites for hydroxylation is 2. The molecule has 1 aliphatic heterocycles. The number of furan rings is 1. The van der Waals surface area contributed by atoms with Gasteiger partial charge in [-0.15, -0.1) is 0 Å². The SMILES string of the molecule is Cc1cc(C(=O)NCC(=O)N2CCN(S(=O)(=O)c3cccc(C(F)(F)F)c3)CC2)c(C)o1. The summed E-state index contributed by atoms with van der Waals surface area (Å²) in [6, 6.07) is 5.11. The molecule has 1 saturated heterocycles. The van der Waals surface area contributed by atoms with E-state index in [0.29, 0.717) is 23.2 Å². The fraction of sp³-hybridized carbons (Fsp3) is 0.400. The summed E-state index contributed by atoms with van der Waals surface area (Å²) in [6.07, 6.45) is -4.66. The number of alkyl halides is 3. The Morgan fingerprint density at radius 2 is 1.75 bits per heavy atom. The van der Waals surface area contributed by atoms with E-state index in [0.717, 1.165) is 22.5 Å². The molecule has 32 heavy (non-hydrogen) atoms. The maximum Gasteiger partial charge on any atom is 0.416 e. The van der Waals surface area contributed by atoms with Crippen molar-refractivity contribution in [3.05, 3.63) is 53.0 Å². The van der Waals surface area contributed by atoms with Crippen molar-refractivity contribution in [2.24, 2.45) is 0 Å². The van der Waals surface area contributed by atoms with E-state index in [1.807, 2.05) is 0 Å². The zero-order valence-electron chi connectivity index (χ0n) is 17.4. The van der Waals surface area contributed by atoms with Gasteiger partial charge in [0, 0.05) is 26.2 Å². The Morgan fingerprint density at radius 1 is 1.09 bits per heavy atom. The molecule has 3 rings (SSSR count). The second-order valence-corrected chi connectivity index (χ2v) is 9.26. The van der Waals surface area contributed by atoms with Crippen LogP contribution in [0.25, 0.3) is 0 Å². The molecule has 0 saturated carbocycles. The molecule has 0 aliphatic carbocycles. The molecule has 2 aromatic rings. The van der Waals surface area contributed by atoms with Crippen LogP contribution in [-0.4, -0.2) is 62.2 Å². The molecular formula is C20H22F3N3O5S. The second-order valence-electron chi connectivity index (χ2n) is 7.32. The van der Waals surface area contributed by atoms with Gasteiger partial charge < -0.3 is 14.6 Å². The first kappa shape index (κ1) is 23.8. The average Bonchev–Trinajstić information content (AvgIpc) is 3.09. The van der Waals surface area contributed by atoms with Gasteiger partial charge in [-0.3, -0.25) is 9.59 Å². The Labute approximate surface area is 183 Å². The third kappa shape index (κ3) is 5.13. The molecule has 2 amide bonds. The highest BCUT2D eigenvalue weighted by atomic mass is 32.2. The number of rotatable bonds is 5. The van der Waals surface area contributed by atoms with E-state index >= 15 is 0 Å². The van der Waals surface area contributed by atoms with Gasteiger partial charge in [-0.05, 0) is 38.1 Å². The molecule has 174 valence electrons. The largest absolute Gasteiger partial charge is 0.466 e. The van der Waals surface area contributed by atoms with Crippen molar-refractivity contribution in [3.8, 4) is 0 Å². The Morgan fingerprint density at radius 3 is 2.31 bits per heavy atom. The standard InChI is InChI=1S/C20H22F3N3O5S/c1-13-10-17(14(2)31-13)19(28)24-12-18(27)25-6-8-26(9-7-25)32(29,30)16-5-3-4-15(11-16)20(21,22)23/h3-5,10-11H,6-9,12H2,1-2H3,(H,24,28). The number of carbonyl (C=O) groups excluding carboxylic acids is 2. The molecule has 0 unspecified atom stereocenters. The van der Waals surface area contributed by atoms with Gasteiger partial charge in [0.15, 0.2) is 0 Å². The highest BCUT2D eigenvalue weighted by Gasteiger charge is 2.34. The third-order valence-corrected chi connectivity index (χ3v) is 6.97. The van der Waals surface area contributed by atoms with Gasteiger partial charge in [0.05, 0.1) is 22.6 Å². The minimum Gasteiger partial charge on any atom is -0.466 e. The van der Waals surface area contributed by atoms with Crippen LogP contribution in [0.5, 0.6) is 0 Å². The summed E-state index contributed by atoms with van der Waals surface area (Å²) in [5.74, 6) is 0.142. The number of hydrogen-bond donors (Lipinski definition) is 1. The van der Waals surface area contributed by atoms with Gasteiger partial charge >= 0.3 is 6.18 Å². The van der Waals surface area contributed by atoms with Gasteiger partial charge in [-0.1, -0.05) is 6.07 Å². The molecule has 1 N–H and O–H groups in total. The van der Waals surface area contributed by atoms with E-state index in [9.17, 15) is 31.2 Å². The van der Waals surface area contributed by atoms with Crippen LogP contribution in [0.2, 0.25) is 0 Å². The Hall–Kier alpha value is -2.86. The van der Waals surface area contributed by atoms with Crippen molar-refractivity contribution in [2.75, 3.05) is 32.7 Å². The monoisotopic (exact) mass is 473 g/mol. The third-order valence-electron chi connectivity index (χ3n) is 5.08. The minimum atomic E-state index is -4.66. The summed E-state index contributed by atoms with van der Waals surface area (Å²) in [4.78, 5) is 25.5. The normalized spacial score (nSPS) is 15.6. The molecule has 0 spiro atoms. The quantitative estimate of drug-likeness (QED) is 0.718. The van der Waals surface area contributed by atoms with E-state index in [1.165, 1.54) is 4.90 Å². The summed E-state index contributed by atoms with van der Waals surface area (Å²) in [7, 11) is -4.14. The Balaban J connectivity index is 1.58. The number of sulfonamides is 1. The Bertz CT molecular complexity index is 1120. The summed E-state index contributed by atoms with van der Waals surface area (Å²) in [6.45, 7) is 3.02. The van der Waals surface area contributed by atoms with E-state index in [-0.39, 0.29) is 32.7 Å². The molecular weight excluding hydrogens is 451 g/mol. The average molecular weight is 473 g/mol. The highest BCUT2D eigenvalue weighted by Crippen LogP contribution is 2.31. The number of carbonyl (C=O) groups is 2. The molecule has 1 aromatic heterocycles. The molecule has 1 fully saturated rings. The number of hydrogen-bond acceptors (Lipinski definition) is 5. The van der Waals surface area contributed by atoms with Crippen LogP contribution in [0.1, 0.15) is 27.4 Å². The van der Waals surface area contributed by atoms with E-state index in [4.69, 9.17) is 4.42 Å². The van der Waals surface area contributed by atoms with Crippen LogP contribution < -0.4 is 5.32 Å². The molecule has 0 bridgehead atoms. The number of benzene rings is 1. The predicted octanol–water partition coefficient (Wildman–Crippen LogP) is 2.18. The number of amides is 2. The van der Waals surface area contributed by atoms with Gasteiger partial charge in [-0.2, -0.15) is 17.5 Å². The van der Waals surface area contributed by atoms with Crippen molar-refractivity contribution in [2.45, 2.75) is 24.9 Å². The summed E-state index contributed by atoms with van der Waals surface area (Å²) < 4.78 is 70.5. The lowest BCUT2D eigenvalue weighted by molar-refractivity contribution is -0.137. The van der Waals surface area contributed by atoms with Gasteiger partial charge in [0.1, 0.15) is 11.5 Å². The topological polar surface area (TPSA) is 99.9 Å². The summed E-state index contributed by atoms with van der Waals surface area (Å²) in [5, 5.41) is 2.51. The van der Waals surface area contributed by atoms with E-state index < -0.39 is 38.5 Å². The van der Waals surface area contributed by atoms with Crippen molar-refractivity contribution >= 4 is 21.8 Å². The zero-order valence-corrected chi connectivity index (χ0v) is 18.2. The fourth-order valence-electron chi connectivity index (χ4n) is 3.38. The molecule has 0 radical (unpaired) electrons. The van der Waals surface area contributed by atoms with E-state index in [1.54, 1.807) is 19.9 Å². The first-order chi connectivity index (χ1) is 14.9. The molecule has 1 aromatic carbocycles. The fourth-order valence-corrected chi connectivity index (χ4v) is 4.85. The molecule has 2 heterocycles. The smallest absolute Gasteiger partial charge is 0.416 e. The van der Waals surface area contributed by atoms with Crippen LogP contribution in [-0.2, 0) is 21.0 Å². The first-order valence-corrected chi connectivity index (χ1v) is 11.1. The predicted molar refractivity (Wildman–Crippen MR) is 107 cm³/mol. The number of piperazine rings is 1. The van der Waals surface area contributed by atoms with Crippen molar-refractivity contribution in [3.63, 3.8) is 0 Å². The van der Waals surface area contributed by atoms with Crippen LogP contribution >= 0.6 is 0 Å². The van der Waals surface area contributed by atoms with Crippen molar-refractivity contribution < 1.29 is 35.6 Å². The van der Waals surface area contributed by atoms with Gasteiger partial charge in [0.25, 0.3) is 5.91 Å². The van der Waals surface area contributed by atoms with Crippen LogP contribution in [0, 0.1) is 13.8 Å². The summed E-state index contributed by atoms with van der Waals surface area (Å²) in [5.41, 5.74) is -0.724. The minimum absolute atomic E-state index is 0.0523. The lowest BCUT2D eigenvalue weighted by Gasteiger charge is -2.34. The highest BCUT2D eigenvalue weighted by molar-refractivity contribution is 7.89. The zero-order chi connectivity index (χ0) is 23.7. The van der Waals surface area contributed by atoms with Crippen LogP contribution in [0.3, 0.4) is 0 Å².